The lowest BCUT2D eigenvalue weighted by atomic mass is 10.1. The van der Waals surface area contributed by atoms with Crippen molar-refractivity contribution in [1.82, 2.24) is 10.6 Å². The van der Waals surface area contributed by atoms with E-state index in [9.17, 15) is 9.59 Å². The highest BCUT2D eigenvalue weighted by Gasteiger charge is 2.09. The summed E-state index contributed by atoms with van der Waals surface area (Å²) in [5, 5.41) is 8.55. The SMILES string of the molecule is CCNC(=O)CNC(=O)c1cccc(NC2=NCCCCC2)c1. The number of nitrogens with zero attached hydrogens (tertiary/aromatic N) is 1. The molecule has 0 spiro atoms. The molecule has 1 aromatic carbocycles. The highest BCUT2D eigenvalue weighted by molar-refractivity contribution is 5.99. The maximum Gasteiger partial charge on any atom is 0.251 e. The molecule has 0 atom stereocenters. The van der Waals surface area contributed by atoms with Crippen LogP contribution in [-0.4, -0.2) is 37.3 Å². The smallest absolute Gasteiger partial charge is 0.251 e. The van der Waals surface area contributed by atoms with Gasteiger partial charge in [0, 0.05) is 30.8 Å². The normalized spacial score (nSPS) is 14.4. The van der Waals surface area contributed by atoms with Crippen LogP contribution in [-0.2, 0) is 4.79 Å². The lowest BCUT2D eigenvalue weighted by Gasteiger charge is -2.10. The molecule has 124 valence electrons. The molecule has 0 bridgehead atoms. The van der Waals surface area contributed by atoms with Gasteiger partial charge in [0.15, 0.2) is 0 Å². The first kappa shape index (κ1) is 17.0. The van der Waals surface area contributed by atoms with E-state index in [4.69, 9.17) is 0 Å². The van der Waals surface area contributed by atoms with Crippen molar-refractivity contribution in [3.05, 3.63) is 29.8 Å². The van der Waals surface area contributed by atoms with Crippen LogP contribution in [0.5, 0.6) is 0 Å². The zero-order valence-corrected chi connectivity index (χ0v) is 13.5. The van der Waals surface area contributed by atoms with Gasteiger partial charge in [-0.2, -0.15) is 0 Å². The Balaban J connectivity index is 1.94. The number of carbonyl (C=O) groups excluding carboxylic acids is 2. The molecular weight excluding hydrogens is 292 g/mol. The van der Waals surface area contributed by atoms with Crippen molar-refractivity contribution in [2.24, 2.45) is 4.99 Å². The van der Waals surface area contributed by atoms with Gasteiger partial charge in [-0.3, -0.25) is 14.6 Å². The van der Waals surface area contributed by atoms with Crippen LogP contribution < -0.4 is 16.0 Å². The minimum absolute atomic E-state index is 0.0168. The topological polar surface area (TPSA) is 82.6 Å². The lowest BCUT2D eigenvalue weighted by Crippen LogP contribution is -2.36. The number of amidine groups is 1. The minimum Gasteiger partial charge on any atom is -0.355 e. The molecule has 0 radical (unpaired) electrons. The molecule has 0 aliphatic carbocycles. The van der Waals surface area contributed by atoms with E-state index in [1.165, 1.54) is 6.42 Å². The summed E-state index contributed by atoms with van der Waals surface area (Å²) in [4.78, 5) is 28.0. The summed E-state index contributed by atoms with van der Waals surface area (Å²) in [7, 11) is 0. The minimum atomic E-state index is -0.261. The van der Waals surface area contributed by atoms with Gasteiger partial charge in [0.1, 0.15) is 5.84 Å². The first-order chi connectivity index (χ1) is 11.2. The van der Waals surface area contributed by atoms with E-state index in [0.29, 0.717) is 12.1 Å². The summed E-state index contributed by atoms with van der Waals surface area (Å²) in [6.07, 6.45) is 4.41. The molecule has 23 heavy (non-hydrogen) atoms. The van der Waals surface area contributed by atoms with Gasteiger partial charge < -0.3 is 16.0 Å². The number of anilines is 1. The fourth-order valence-electron chi connectivity index (χ4n) is 2.40. The van der Waals surface area contributed by atoms with E-state index >= 15 is 0 Å². The van der Waals surface area contributed by atoms with Crippen LogP contribution in [0.25, 0.3) is 0 Å². The Morgan fingerprint density at radius 3 is 2.87 bits per heavy atom. The summed E-state index contributed by atoms with van der Waals surface area (Å²) in [5.41, 5.74) is 1.37. The first-order valence-electron chi connectivity index (χ1n) is 8.14. The third kappa shape index (κ3) is 5.73. The van der Waals surface area contributed by atoms with Gasteiger partial charge in [-0.25, -0.2) is 0 Å². The Morgan fingerprint density at radius 1 is 1.17 bits per heavy atom. The molecule has 0 fully saturated rings. The molecule has 2 rings (SSSR count). The van der Waals surface area contributed by atoms with Crippen molar-refractivity contribution < 1.29 is 9.59 Å². The number of aliphatic imine (C=N–C) groups is 1. The molecule has 1 heterocycles. The van der Waals surface area contributed by atoms with Crippen molar-refractivity contribution >= 4 is 23.3 Å². The van der Waals surface area contributed by atoms with Gasteiger partial charge in [0.25, 0.3) is 5.91 Å². The molecule has 1 aromatic rings. The zero-order valence-electron chi connectivity index (χ0n) is 13.5. The van der Waals surface area contributed by atoms with Crippen LogP contribution in [0.4, 0.5) is 5.69 Å². The van der Waals surface area contributed by atoms with E-state index in [-0.39, 0.29) is 18.4 Å². The van der Waals surface area contributed by atoms with Crippen LogP contribution in [0.1, 0.15) is 43.0 Å². The number of benzene rings is 1. The summed E-state index contributed by atoms with van der Waals surface area (Å²) in [5.74, 6) is 0.521. The van der Waals surface area contributed by atoms with Crippen LogP contribution in [0, 0.1) is 0 Å². The van der Waals surface area contributed by atoms with Crippen LogP contribution >= 0.6 is 0 Å². The standard InChI is InChI=1S/C17H24N4O2/c1-2-18-16(22)12-20-17(23)13-7-6-8-14(11-13)21-15-9-4-3-5-10-19-15/h6-8,11H,2-5,9-10,12H2,1H3,(H,18,22)(H,19,21)(H,20,23). The van der Waals surface area contributed by atoms with Crippen molar-refractivity contribution in [3.8, 4) is 0 Å². The van der Waals surface area contributed by atoms with E-state index in [1.807, 2.05) is 19.1 Å². The second-order valence-electron chi connectivity index (χ2n) is 5.48. The molecule has 0 saturated carbocycles. The maximum atomic E-state index is 12.1. The molecule has 0 aromatic heterocycles. The molecule has 1 aliphatic heterocycles. The van der Waals surface area contributed by atoms with Crippen molar-refractivity contribution in [1.29, 1.82) is 0 Å². The van der Waals surface area contributed by atoms with Crippen molar-refractivity contribution in [2.75, 3.05) is 25.0 Å². The van der Waals surface area contributed by atoms with Gasteiger partial charge in [0.05, 0.1) is 6.54 Å². The zero-order chi connectivity index (χ0) is 16.5. The summed E-state index contributed by atoms with van der Waals surface area (Å²) < 4.78 is 0. The third-order valence-corrected chi connectivity index (χ3v) is 3.57. The predicted octanol–water partition coefficient (Wildman–Crippen LogP) is 1.94. The second-order valence-corrected chi connectivity index (χ2v) is 5.48. The van der Waals surface area contributed by atoms with Crippen molar-refractivity contribution in [3.63, 3.8) is 0 Å². The lowest BCUT2D eigenvalue weighted by molar-refractivity contribution is -0.120. The summed E-state index contributed by atoms with van der Waals surface area (Å²) in [6.45, 7) is 3.23. The number of likely N-dealkylation sites (N-methyl/N-ethyl adjacent to an activating group) is 1. The highest BCUT2D eigenvalue weighted by atomic mass is 16.2. The molecule has 6 heteroatoms. The molecule has 0 unspecified atom stereocenters. The molecule has 3 N–H and O–H groups in total. The Morgan fingerprint density at radius 2 is 2.04 bits per heavy atom. The van der Waals surface area contributed by atoms with Crippen molar-refractivity contribution in [2.45, 2.75) is 32.6 Å². The molecule has 1 aliphatic rings. The summed E-state index contributed by atoms with van der Waals surface area (Å²) >= 11 is 0. The Kier molecular flexibility index (Phi) is 6.59. The van der Waals surface area contributed by atoms with Crippen LogP contribution in [0.3, 0.4) is 0 Å². The van der Waals surface area contributed by atoms with E-state index in [2.05, 4.69) is 20.9 Å². The summed E-state index contributed by atoms with van der Waals surface area (Å²) in [6, 6.07) is 7.24. The Labute approximate surface area is 136 Å². The number of hydrogen-bond donors (Lipinski definition) is 3. The number of hydrogen-bond acceptors (Lipinski definition) is 4. The number of carbonyl (C=O) groups is 2. The monoisotopic (exact) mass is 316 g/mol. The van der Waals surface area contributed by atoms with E-state index in [1.54, 1.807) is 12.1 Å². The average molecular weight is 316 g/mol. The fraction of sp³-hybridized carbons (Fsp3) is 0.471. The number of amides is 2. The maximum absolute atomic E-state index is 12.1. The van der Waals surface area contributed by atoms with Crippen LogP contribution in [0.2, 0.25) is 0 Å². The molecular formula is C17H24N4O2. The van der Waals surface area contributed by atoms with Crippen LogP contribution in [0.15, 0.2) is 29.3 Å². The quantitative estimate of drug-likeness (QED) is 0.776. The van der Waals surface area contributed by atoms with Gasteiger partial charge in [-0.05, 0) is 38.0 Å². The molecule has 2 amide bonds. The first-order valence-corrected chi connectivity index (χ1v) is 8.14. The number of nitrogens with one attached hydrogen (secondary N) is 3. The van der Waals surface area contributed by atoms with Gasteiger partial charge in [0.2, 0.25) is 5.91 Å². The fourth-order valence-corrected chi connectivity index (χ4v) is 2.40. The van der Waals surface area contributed by atoms with Gasteiger partial charge in [-0.15, -0.1) is 0 Å². The molecule has 6 nitrogen and oxygen atoms in total. The average Bonchev–Trinajstić information content (AvgIpc) is 2.82. The van der Waals surface area contributed by atoms with Gasteiger partial charge in [-0.1, -0.05) is 12.5 Å². The highest BCUT2D eigenvalue weighted by Crippen LogP contribution is 2.14. The largest absolute Gasteiger partial charge is 0.355 e. The van der Waals surface area contributed by atoms with E-state index < -0.39 is 0 Å². The van der Waals surface area contributed by atoms with Gasteiger partial charge >= 0.3 is 0 Å². The number of rotatable bonds is 5. The molecule has 0 saturated heterocycles. The Bertz CT molecular complexity index is 584. The third-order valence-electron chi connectivity index (χ3n) is 3.57. The predicted molar refractivity (Wildman–Crippen MR) is 91.9 cm³/mol. The van der Waals surface area contributed by atoms with E-state index in [0.717, 1.165) is 37.3 Å². The second kappa shape index (κ2) is 8.92. The Hall–Kier alpha value is -2.37.